The molecule has 0 spiro atoms. The number of hydrogen-bond acceptors (Lipinski definition) is 4. The molecule has 2 atom stereocenters. The monoisotopic (exact) mass is 229 g/mol. The highest BCUT2D eigenvalue weighted by molar-refractivity contribution is 5.88. The van der Waals surface area contributed by atoms with Gasteiger partial charge in [-0.25, -0.2) is 4.79 Å². The highest BCUT2D eigenvalue weighted by Gasteiger charge is 2.10. The predicted molar refractivity (Wildman–Crippen MR) is 64.1 cm³/mol. The summed E-state index contributed by atoms with van der Waals surface area (Å²) in [5.74, 6) is -0.0660. The van der Waals surface area contributed by atoms with Crippen LogP contribution in [0.1, 0.15) is 27.2 Å². The van der Waals surface area contributed by atoms with Gasteiger partial charge in [0.25, 0.3) is 0 Å². The maximum Gasteiger partial charge on any atom is 0.333 e. The summed E-state index contributed by atoms with van der Waals surface area (Å²) in [5.41, 5.74) is 0.679. The van der Waals surface area contributed by atoms with Crippen LogP contribution in [-0.4, -0.2) is 37.4 Å². The average Bonchev–Trinajstić information content (AvgIpc) is 2.32. The SMILES string of the molecule is CCC(=CCNC(C)C(C)CO)C(=O)OC. The van der Waals surface area contributed by atoms with Crippen molar-refractivity contribution in [3.63, 3.8) is 0 Å². The van der Waals surface area contributed by atoms with Gasteiger partial charge in [-0.1, -0.05) is 19.9 Å². The second-order valence-electron chi connectivity index (χ2n) is 3.93. The van der Waals surface area contributed by atoms with Crippen LogP contribution in [0, 0.1) is 5.92 Å². The number of carbonyl (C=O) groups excluding carboxylic acids is 1. The Bertz CT molecular complexity index is 238. The van der Waals surface area contributed by atoms with E-state index in [0.717, 1.165) is 0 Å². The maximum atomic E-state index is 11.3. The standard InChI is InChI=1S/C12H23NO3/c1-5-11(12(15)16-4)6-7-13-10(3)9(2)8-14/h6,9-10,13-14H,5,7-8H2,1-4H3. The summed E-state index contributed by atoms with van der Waals surface area (Å²) in [5, 5.41) is 12.2. The molecular formula is C12H23NO3. The Kier molecular flexibility index (Phi) is 7.85. The summed E-state index contributed by atoms with van der Waals surface area (Å²) in [7, 11) is 1.38. The molecule has 0 radical (unpaired) electrons. The smallest absolute Gasteiger partial charge is 0.333 e. The third-order valence-corrected chi connectivity index (χ3v) is 2.76. The minimum absolute atomic E-state index is 0.162. The molecule has 16 heavy (non-hydrogen) atoms. The molecule has 4 nitrogen and oxygen atoms in total. The normalized spacial score (nSPS) is 15.7. The van der Waals surface area contributed by atoms with E-state index in [1.165, 1.54) is 7.11 Å². The van der Waals surface area contributed by atoms with Gasteiger partial charge in [0, 0.05) is 24.8 Å². The molecule has 2 N–H and O–H groups in total. The number of aliphatic hydroxyl groups is 1. The van der Waals surface area contributed by atoms with E-state index in [9.17, 15) is 4.79 Å². The number of esters is 1. The van der Waals surface area contributed by atoms with Gasteiger partial charge in [0.05, 0.1) is 7.11 Å². The van der Waals surface area contributed by atoms with Crippen LogP contribution in [0.3, 0.4) is 0 Å². The van der Waals surface area contributed by atoms with Crippen LogP contribution in [0.5, 0.6) is 0 Å². The molecule has 0 heterocycles. The minimum Gasteiger partial charge on any atom is -0.466 e. The number of rotatable bonds is 7. The fourth-order valence-electron chi connectivity index (χ4n) is 1.23. The molecule has 0 amide bonds. The highest BCUT2D eigenvalue weighted by Crippen LogP contribution is 2.03. The molecule has 0 aliphatic heterocycles. The Hall–Kier alpha value is -0.870. The minimum atomic E-state index is -0.271. The van der Waals surface area contributed by atoms with Crippen LogP contribution in [0.4, 0.5) is 0 Å². The summed E-state index contributed by atoms with van der Waals surface area (Å²) in [6, 6.07) is 0.219. The fourth-order valence-corrected chi connectivity index (χ4v) is 1.23. The van der Waals surface area contributed by atoms with Crippen molar-refractivity contribution in [2.75, 3.05) is 20.3 Å². The summed E-state index contributed by atoms with van der Waals surface area (Å²) in [6.45, 7) is 6.68. The van der Waals surface area contributed by atoms with E-state index >= 15 is 0 Å². The van der Waals surface area contributed by atoms with Crippen molar-refractivity contribution in [1.29, 1.82) is 0 Å². The molecule has 4 heteroatoms. The number of nitrogens with one attached hydrogen (secondary N) is 1. The van der Waals surface area contributed by atoms with Gasteiger partial charge in [0.15, 0.2) is 0 Å². The van der Waals surface area contributed by atoms with Crippen molar-refractivity contribution < 1.29 is 14.6 Å². The van der Waals surface area contributed by atoms with Gasteiger partial charge in [0.2, 0.25) is 0 Å². The second kappa shape index (κ2) is 8.30. The Balaban J connectivity index is 4.10. The molecule has 0 aromatic rings. The molecule has 0 bridgehead atoms. The summed E-state index contributed by atoms with van der Waals surface area (Å²) in [6.07, 6.45) is 2.50. The first-order chi connectivity index (χ1) is 7.56. The van der Waals surface area contributed by atoms with E-state index in [0.29, 0.717) is 18.5 Å². The third kappa shape index (κ3) is 5.28. The van der Waals surface area contributed by atoms with Crippen molar-refractivity contribution in [3.8, 4) is 0 Å². The Labute approximate surface area is 97.7 Å². The first-order valence-electron chi connectivity index (χ1n) is 5.68. The van der Waals surface area contributed by atoms with Crippen molar-refractivity contribution >= 4 is 5.97 Å². The predicted octanol–water partition coefficient (Wildman–Crippen LogP) is 1.10. The van der Waals surface area contributed by atoms with Gasteiger partial charge in [-0.15, -0.1) is 0 Å². The van der Waals surface area contributed by atoms with E-state index in [1.54, 1.807) is 0 Å². The first-order valence-corrected chi connectivity index (χ1v) is 5.68. The number of ether oxygens (including phenoxy) is 1. The van der Waals surface area contributed by atoms with Gasteiger partial charge in [-0.3, -0.25) is 0 Å². The number of carbonyl (C=O) groups is 1. The lowest BCUT2D eigenvalue weighted by atomic mass is 10.1. The lowest BCUT2D eigenvalue weighted by molar-refractivity contribution is -0.136. The molecule has 0 aromatic heterocycles. The zero-order chi connectivity index (χ0) is 12.6. The van der Waals surface area contributed by atoms with Crippen molar-refractivity contribution in [2.24, 2.45) is 5.92 Å². The number of hydrogen-bond donors (Lipinski definition) is 2. The van der Waals surface area contributed by atoms with Gasteiger partial charge in [-0.2, -0.15) is 0 Å². The molecular weight excluding hydrogens is 206 g/mol. The fraction of sp³-hybridized carbons (Fsp3) is 0.750. The van der Waals surface area contributed by atoms with Crippen LogP contribution in [0.2, 0.25) is 0 Å². The Morgan fingerprint density at radius 3 is 2.56 bits per heavy atom. The van der Waals surface area contributed by atoms with Crippen LogP contribution in [0.25, 0.3) is 0 Å². The van der Waals surface area contributed by atoms with E-state index in [1.807, 2.05) is 26.8 Å². The Morgan fingerprint density at radius 2 is 2.12 bits per heavy atom. The maximum absolute atomic E-state index is 11.3. The molecule has 0 rings (SSSR count). The third-order valence-electron chi connectivity index (χ3n) is 2.76. The van der Waals surface area contributed by atoms with Gasteiger partial charge in [-0.05, 0) is 19.3 Å². The lowest BCUT2D eigenvalue weighted by Crippen LogP contribution is -2.34. The summed E-state index contributed by atoms with van der Waals surface area (Å²) < 4.78 is 4.65. The van der Waals surface area contributed by atoms with E-state index in [-0.39, 0.29) is 24.5 Å². The van der Waals surface area contributed by atoms with Crippen LogP contribution >= 0.6 is 0 Å². The Morgan fingerprint density at radius 1 is 1.50 bits per heavy atom. The van der Waals surface area contributed by atoms with Crippen molar-refractivity contribution in [2.45, 2.75) is 33.2 Å². The summed E-state index contributed by atoms with van der Waals surface area (Å²) in [4.78, 5) is 11.3. The van der Waals surface area contributed by atoms with Gasteiger partial charge in [0.1, 0.15) is 0 Å². The van der Waals surface area contributed by atoms with Crippen molar-refractivity contribution in [3.05, 3.63) is 11.6 Å². The number of methoxy groups -OCH3 is 1. The van der Waals surface area contributed by atoms with E-state index in [4.69, 9.17) is 5.11 Å². The molecule has 0 saturated carbocycles. The summed E-state index contributed by atoms with van der Waals surface area (Å²) >= 11 is 0. The van der Waals surface area contributed by atoms with Crippen LogP contribution in [0.15, 0.2) is 11.6 Å². The quantitative estimate of drug-likeness (QED) is 0.507. The highest BCUT2D eigenvalue weighted by atomic mass is 16.5. The molecule has 2 unspecified atom stereocenters. The molecule has 0 aromatic carbocycles. The number of aliphatic hydroxyl groups excluding tert-OH is 1. The molecule has 0 aliphatic rings. The second-order valence-corrected chi connectivity index (χ2v) is 3.93. The van der Waals surface area contributed by atoms with Crippen molar-refractivity contribution in [1.82, 2.24) is 5.32 Å². The zero-order valence-corrected chi connectivity index (χ0v) is 10.6. The van der Waals surface area contributed by atoms with Crippen LogP contribution in [-0.2, 0) is 9.53 Å². The van der Waals surface area contributed by atoms with Gasteiger partial charge < -0.3 is 15.2 Å². The van der Waals surface area contributed by atoms with E-state index < -0.39 is 0 Å². The molecule has 0 aliphatic carbocycles. The topological polar surface area (TPSA) is 58.6 Å². The van der Waals surface area contributed by atoms with Crippen LogP contribution < -0.4 is 5.32 Å². The largest absolute Gasteiger partial charge is 0.466 e. The van der Waals surface area contributed by atoms with Gasteiger partial charge >= 0.3 is 5.97 Å². The average molecular weight is 229 g/mol. The first kappa shape index (κ1) is 15.1. The molecule has 94 valence electrons. The molecule has 0 saturated heterocycles. The zero-order valence-electron chi connectivity index (χ0n) is 10.6. The van der Waals surface area contributed by atoms with E-state index in [2.05, 4.69) is 10.1 Å². The lowest BCUT2D eigenvalue weighted by Gasteiger charge is -2.18. The molecule has 0 fully saturated rings.